The van der Waals surface area contributed by atoms with Crippen LogP contribution >= 0.6 is 0 Å². The molecule has 3 rings (SSSR count). The lowest BCUT2D eigenvalue weighted by Gasteiger charge is -2.29. The van der Waals surface area contributed by atoms with Gasteiger partial charge in [-0.2, -0.15) is 0 Å². The summed E-state index contributed by atoms with van der Waals surface area (Å²) in [5.41, 5.74) is 0. The molecule has 1 aromatic rings. The highest BCUT2D eigenvalue weighted by molar-refractivity contribution is 6.02. The van der Waals surface area contributed by atoms with Crippen LogP contribution in [0.15, 0.2) is 16.5 Å². The molecule has 6 nitrogen and oxygen atoms in total. The van der Waals surface area contributed by atoms with E-state index in [4.69, 9.17) is 4.42 Å². The molecular formula is C19H26N2O4. The maximum Gasteiger partial charge on any atom is 0.229 e. The molecule has 136 valence electrons. The molecule has 2 aliphatic heterocycles. The van der Waals surface area contributed by atoms with Gasteiger partial charge in [0.1, 0.15) is 11.5 Å². The summed E-state index contributed by atoms with van der Waals surface area (Å²) in [4.78, 5) is 39.4. The number of rotatable bonds is 5. The normalized spacial score (nSPS) is 21.7. The predicted octanol–water partition coefficient (Wildman–Crippen LogP) is 2.82. The van der Waals surface area contributed by atoms with Gasteiger partial charge in [0.15, 0.2) is 0 Å². The van der Waals surface area contributed by atoms with Crippen LogP contribution in [0.5, 0.6) is 0 Å². The van der Waals surface area contributed by atoms with Gasteiger partial charge in [0.2, 0.25) is 17.7 Å². The van der Waals surface area contributed by atoms with E-state index in [1.807, 2.05) is 24.0 Å². The van der Waals surface area contributed by atoms with Crippen molar-refractivity contribution in [1.82, 2.24) is 9.80 Å². The molecule has 3 heterocycles. The minimum atomic E-state index is -0.163. The Morgan fingerprint density at radius 3 is 2.60 bits per heavy atom. The smallest absolute Gasteiger partial charge is 0.229 e. The topological polar surface area (TPSA) is 70.8 Å². The van der Waals surface area contributed by atoms with Gasteiger partial charge >= 0.3 is 0 Å². The first-order chi connectivity index (χ1) is 12.1. The number of furan rings is 1. The van der Waals surface area contributed by atoms with Crippen LogP contribution in [-0.2, 0) is 20.8 Å². The maximum atomic E-state index is 12.8. The predicted molar refractivity (Wildman–Crippen MR) is 91.6 cm³/mol. The lowest BCUT2D eigenvalue weighted by atomic mass is 10.1. The summed E-state index contributed by atoms with van der Waals surface area (Å²) in [5, 5.41) is 0. The Kier molecular flexibility index (Phi) is 5.56. The Morgan fingerprint density at radius 1 is 1.16 bits per heavy atom. The van der Waals surface area contributed by atoms with Crippen LogP contribution in [0.1, 0.15) is 69.4 Å². The summed E-state index contributed by atoms with van der Waals surface area (Å²) in [6.07, 6.45) is 5.60. The third-order valence-corrected chi connectivity index (χ3v) is 5.14. The van der Waals surface area contributed by atoms with E-state index in [1.165, 1.54) is 4.90 Å². The van der Waals surface area contributed by atoms with Crippen LogP contribution in [0.25, 0.3) is 0 Å². The van der Waals surface area contributed by atoms with E-state index in [9.17, 15) is 14.4 Å². The summed E-state index contributed by atoms with van der Waals surface area (Å²) < 4.78 is 5.91. The van der Waals surface area contributed by atoms with E-state index < -0.39 is 0 Å². The molecule has 2 aliphatic rings. The SMILES string of the molecule is CCc1ccc([C@@H]2CCCCCN2C(=O)CCN2C(=O)CCC2=O)o1. The van der Waals surface area contributed by atoms with Crippen molar-refractivity contribution in [3.05, 3.63) is 23.7 Å². The first-order valence-corrected chi connectivity index (χ1v) is 9.31. The van der Waals surface area contributed by atoms with Crippen molar-refractivity contribution in [2.45, 2.75) is 64.3 Å². The Morgan fingerprint density at radius 2 is 1.92 bits per heavy atom. The van der Waals surface area contributed by atoms with Gasteiger partial charge in [0, 0.05) is 38.8 Å². The van der Waals surface area contributed by atoms with Gasteiger partial charge < -0.3 is 9.32 Å². The number of hydrogen-bond acceptors (Lipinski definition) is 4. The molecule has 0 unspecified atom stereocenters. The van der Waals surface area contributed by atoms with E-state index in [2.05, 4.69) is 0 Å². The summed E-state index contributed by atoms with van der Waals surface area (Å²) in [6, 6.07) is 3.91. The van der Waals surface area contributed by atoms with Crippen LogP contribution in [-0.4, -0.2) is 40.6 Å². The molecule has 25 heavy (non-hydrogen) atoms. The number of nitrogens with zero attached hydrogens (tertiary/aromatic N) is 2. The van der Waals surface area contributed by atoms with Gasteiger partial charge in [-0.05, 0) is 25.0 Å². The summed E-state index contributed by atoms with van der Waals surface area (Å²) in [5.74, 6) is 1.45. The maximum absolute atomic E-state index is 12.8. The van der Waals surface area contributed by atoms with Crippen LogP contribution in [0.3, 0.4) is 0 Å². The van der Waals surface area contributed by atoms with Gasteiger partial charge in [-0.15, -0.1) is 0 Å². The summed E-state index contributed by atoms with van der Waals surface area (Å²) >= 11 is 0. The quantitative estimate of drug-likeness (QED) is 0.769. The standard InChI is InChI=1S/C19H26N2O4/c1-2-14-7-8-16(25-14)15-6-4-3-5-12-20(15)19(24)11-13-21-17(22)9-10-18(21)23/h7-8,15H,2-6,9-13H2,1H3/t15-/m0/s1. The second-order valence-electron chi connectivity index (χ2n) is 6.80. The molecule has 3 amide bonds. The fraction of sp³-hybridized carbons (Fsp3) is 0.632. The highest BCUT2D eigenvalue weighted by atomic mass is 16.3. The largest absolute Gasteiger partial charge is 0.464 e. The zero-order chi connectivity index (χ0) is 17.8. The average molecular weight is 346 g/mol. The Hall–Kier alpha value is -2.11. The molecular weight excluding hydrogens is 320 g/mol. The average Bonchev–Trinajstić information content (AvgIpc) is 3.12. The van der Waals surface area contributed by atoms with Crippen molar-refractivity contribution < 1.29 is 18.8 Å². The molecule has 0 N–H and O–H groups in total. The first kappa shape index (κ1) is 17.7. The molecule has 1 atom stereocenters. The van der Waals surface area contributed by atoms with Crippen molar-refractivity contribution in [1.29, 1.82) is 0 Å². The number of hydrogen-bond donors (Lipinski definition) is 0. The Labute approximate surface area is 148 Å². The molecule has 6 heteroatoms. The Balaban J connectivity index is 1.68. The van der Waals surface area contributed by atoms with Crippen LogP contribution < -0.4 is 0 Å². The van der Waals surface area contributed by atoms with Crippen molar-refractivity contribution >= 4 is 17.7 Å². The zero-order valence-corrected chi connectivity index (χ0v) is 14.8. The lowest BCUT2D eigenvalue weighted by molar-refractivity contribution is -0.140. The van der Waals surface area contributed by atoms with Gasteiger partial charge in [-0.1, -0.05) is 19.8 Å². The van der Waals surface area contributed by atoms with Gasteiger partial charge in [0.05, 0.1) is 6.04 Å². The number of carbonyl (C=O) groups excluding carboxylic acids is 3. The van der Waals surface area contributed by atoms with Gasteiger partial charge in [0.25, 0.3) is 0 Å². The minimum absolute atomic E-state index is 0.00570. The third-order valence-electron chi connectivity index (χ3n) is 5.14. The van der Waals surface area contributed by atoms with Crippen LogP contribution in [0.2, 0.25) is 0 Å². The highest BCUT2D eigenvalue weighted by Crippen LogP contribution is 2.32. The van der Waals surface area contributed by atoms with E-state index in [0.717, 1.165) is 43.6 Å². The lowest BCUT2D eigenvalue weighted by Crippen LogP contribution is -2.38. The van der Waals surface area contributed by atoms with Gasteiger partial charge in [-0.25, -0.2) is 0 Å². The number of aryl methyl sites for hydroxylation is 1. The minimum Gasteiger partial charge on any atom is -0.464 e. The molecule has 0 radical (unpaired) electrons. The highest BCUT2D eigenvalue weighted by Gasteiger charge is 2.32. The van der Waals surface area contributed by atoms with Crippen LogP contribution in [0.4, 0.5) is 0 Å². The van der Waals surface area contributed by atoms with E-state index in [-0.39, 0.29) is 49.6 Å². The van der Waals surface area contributed by atoms with Crippen molar-refractivity contribution in [3.63, 3.8) is 0 Å². The second-order valence-corrected chi connectivity index (χ2v) is 6.80. The molecule has 0 aliphatic carbocycles. The van der Waals surface area contributed by atoms with E-state index in [0.29, 0.717) is 6.54 Å². The molecule has 0 saturated carbocycles. The fourth-order valence-corrected chi connectivity index (χ4v) is 3.69. The number of carbonyl (C=O) groups is 3. The fourth-order valence-electron chi connectivity index (χ4n) is 3.69. The molecule has 2 fully saturated rings. The first-order valence-electron chi connectivity index (χ1n) is 9.31. The molecule has 0 spiro atoms. The van der Waals surface area contributed by atoms with E-state index >= 15 is 0 Å². The zero-order valence-electron chi connectivity index (χ0n) is 14.8. The van der Waals surface area contributed by atoms with Crippen molar-refractivity contribution in [2.24, 2.45) is 0 Å². The third kappa shape index (κ3) is 3.94. The monoisotopic (exact) mass is 346 g/mol. The van der Waals surface area contributed by atoms with Crippen molar-refractivity contribution in [2.75, 3.05) is 13.1 Å². The molecule has 2 saturated heterocycles. The molecule has 0 bridgehead atoms. The second kappa shape index (κ2) is 7.85. The summed E-state index contributed by atoms with van der Waals surface area (Å²) in [7, 11) is 0. The van der Waals surface area contributed by atoms with Crippen molar-refractivity contribution in [3.8, 4) is 0 Å². The number of amides is 3. The number of imide groups is 1. The van der Waals surface area contributed by atoms with E-state index in [1.54, 1.807) is 0 Å². The number of likely N-dealkylation sites (tertiary alicyclic amines) is 2. The molecule has 1 aromatic heterocycles. The van der Waals surface area contributed by atoms with Gasteiger partial charge in [-0.3, -0.25) is 19.3 Å². The van der Waals surface area contributed by atoms with Crippen LogP contribution in [0, 0.1) is 0 Å². The molecule has 0 aromatic carbocycles. The Bertz CT molecular complexity index is 636. The summed E-state index contributed by atoms with van der Waals surface area (Å²) in [6.45, 7) is 2.94.